The van der Waals surface area contributed by atoms with Gasteiger partial charge in [0.05, 0.1) is 5.92 Å². The van der Waals surface area contributed by atoms with Gasteiger partial charge in [-0.3, -0.25) is 4.79 Å². The molecule has 1 saturated carbocycles. The normalized spacial score (nSPS) is 23.8. The molecule has 21 heavy (non-hydrogen) atoms. The highest BCUT2D eigenvalue weighted by Gasteiger charge is 2.30. The fourth-order valence-electron chi connectivity index (χ4n) is 3.34. The van der Waals surface area contributed by atoms with E-state index in [4.69, 9.17) is 10.5 Å². The van der Waals surface area contributed by atoms with Gasteiger partial charge in [-0.25, -0.2) is 0 Å². The summed E-state index contributed by atoms with van der Waals surface area (Å²) in [6.07, 6.45) is 6.38. The van der Waals surface area contributed by atoms with E-state index in [1.807, 2.05) is 24.3 Å². The summed E-state index contributed by atoms with van der Waals surface area (Å²) in [6.45, 7) is 1.05. The summed E-state index contributed by atoms with van der Waals surface area (Å²) in [5.41, 5.74) is 7.28. The van der Waals surface area contributed by atoms with Crippen LogP contribution in [0.4, 0.5) is 0 Å². The van der Waals surface area contributed by atoms with Crippen LogP contribution in [0, 0.1) is 5.92 Å². The Labute approximate surface area is 126 Å². The van der Waals surface area contributed by atoms with Crippen LogP contribution < -0.4 is 15.8 Å². The zero-order valence-electron chi connectivity index (χ0n) is 12.4. The maximum atomic E-state index is 12.3. The molecular formula is C17H24N2O2. The van der Waals surface area contributed by atoms with Crippen molar-refractivity contribution in [3.63, 3.8) is 0 Å². The first-order valence-electron chi connectivity index (χ1n) is 7.94. The lowest BCUT2D eigenvalue weighted by atomic mass is 9.82. The van der Waals surface area contributed by atoms with Crippen molar-refractivity contribution in [2.24, 2.45) is 11.7 Å². The van der Waals surface area contributed by atoms with Crippen LogP contribution in [0.15, 0.2) is 24.3 Å². The summed E-state index contributed by atoms with van der Waals surface area (Å²) in [4.78, 5) is 12.3. The van der Waals surface area contributed by atoms with Crippen molar-refractivity contribution in [1.29, 1.82) is 0 Å². The maximum Gasteiger partial charge on any atom is 0.226 e. The van der Waals surface area contributed by atoms with Crippen molar-refractivity contribution < 1.29 is 9.53 Å². The number of rotatable bonds is 3. The second kappa shape index (κ2) is 6.06. The van der Waals surface area contributed by atoms with E-state index in [0.717, 1.165) is 30.6 Å². The third-order valence-corrected chi connectivity index (χ3v) is 4.71. The molecule has 1 heterocycles. The van der Waals surface area contributed by atoms with E-state index in [1.165, 1.54) is 19.3 Å². The van der Waals surface area contributed by atoms with E-state index < -0.39 is 0 Å². The van der Waals surface area contributed by atoms with Gasteiger partial charge in [-0.1, -0.05) is 37.5 Å². The molecular weight excluding hydrogens is 264 g/mol. The molecule has 3 rings (SSSR count). The monoisotopic (exact) mass is 288 g/mol. The van der Waals surface area contributed by atoms with Gasteiger partial charge < -0.3 is 15.8 Å². The van der Waals surface area contributed by atoms with Crippen LogP contribution in [0.1, 0.15) is 37.7 Å². The molecule has 114 valence electrons. The van der Waals surface area contributed by atoms with E-state index in [-0.39, 0.29) is 17.4 Å². The number of hydrogen-bond acceptors (Lipinski definition) is 3. The maximum absolute atomic E-state index is 12.3. The number of nitrogens with two attached hydrogens (primary N) is 1. The lowest BCUT2D eigenvalue weighted by Gasteiger charge is -2.34. The largest absolute Gasteiger partial charge is 0.492 e. The predicted molar refractivity (Wildman–Crippen MR) is 82.1 cm³/mol. The molecule has 1 aromatic carbocycles. The predicted octanol–water partition coefficient (Wildman–Crippen LogP) is 2.02. The molecule has 1 aliphatic carbocycles. The Kier molecular flexibility index (Phi) is 4.15. The molecule has 2 aliphatic rings. The zero-order valence-corrected chi connectivity index (χ0v) is 12.4. The van der Waals surface area contributed by atoms with E-state index in [9.17, 15) is 4.79 Å². The van der Waals surface area contributed by atoms with Gasteiger partial charge in [0, 0.05) is 12.1 Å². The van der Waals surface area contributed by atoms with E-state index in [0.29, 0.717) is 13.2 Å². The van der Waals surface area contributed by atoms with Crippen LogP contribution in [0.25, 0.3) is 0 Å². The Morgan fingerprint density at radius 3 is 2.86 bits per heavy atom. The van der Waals surface area contributed by atoms with Crippen LogP contribution in [0.2, 0.25) is 0 Å². The molecule has 1 aliphatic heterocycles. The molecule has 0 spiro atoms. The standard InChI is InChI=1S/C17H24N2O2/c18-17(8-4-1-5-9-17)12-19-16(20)14-10-13-6-2-3-7-15(13)21-11-14/h2-3,6-7,14H,1,4-5,8-12,18H2,(H,19,20). The first-order valence-corrected chi connectivity index (χ1v) is 7.94. The van der Waals surface area contributed by atoms with Gasteiger partial charge in [-0.2, -0.15) is 0 Å². The first kappa shape index (κ1) is 14.4. The second-order valence-electron chi connectivity index (χ2n) is 6.46. The minimum atomic E-state index is -0.207. The Bertz CT molecular complexity index is 509. The topological polar surface area (TPSA) is 64.3 Å². The minimum Gasteiger partial charge on any atom is -0.492 e. The van der Waals surface area contributed by atoms with Crippen LogP contribution in [-0.4, -0.2) is 24.6 Å². The number of ether oxygens (including phenoxy) is 1. The highest BCUT2D eigenvalue weighted by Crippen LogP contribution is 2.28. The van der Waals surface area contributed by atoms with Gasteiger partial charge in [0.2, 0.25) is 5.91 Å². The van der Waals surface area contributed by atoms with Crippen LogP contribution >= 0.6 is 0 Å². The number of benzene rings is 1. The number of amides is 1. The zero-order chi connectivity index (χ0) is 14.7. The molecule has 4 nitrogen and oxygen atoms in total. The van der Waals surface area contributed by atoms with E-state index in [2.05, 4.69) is 5.32 Å². The highest BCUT2D eigenvalue weighted by atomic mass is 16.5. The summed E-state index contributed by atoms with van der Waals surface area (Å²) < 4.78 is 5.68. The van der Waals surface area contributed by atoms with Crippen molar-refractivity contribution in [2.45, 2.75) is 44.1 Å². The fraction of sp³-hybridized carbons (Fsp3) is 0.588. The number of carbonyl (C=O) groups excluding carboxylic acids is 1. The SMILES string of the molecule is NC1(CNC(=O)C2COc3ccccc3C2)CCCCC1. The van der Waals surface area contributed by atoms with E-state index >= 15 is 0 Å². The third-order valence-electron chi connectivity index (χ3n) is 4.71. The van der Waals surface area contributed by atoms with Crippen LogP contribution in [0.3, 0.4) is 0 Å². The molecule has 4 heteroatoms. The average Bonchev–Trinajstić information content (AvgIpc) is 2.53. The smallest absolute Gasteiger partial charge is 0.226 e. The number of fused-ring (bicyclic) bond motifs is 1. The molecule has 1 unspecified atom stereocenters. The molecule has 0 bridgehead atoms. The van der Waals surface area contributed by atoms with Crippen molar-refractivity contribution in [3.05, 3.63) is 29.8 Å². The first-order chi connectivity index (χ1) is 10.2. The lowest BCUT2D eigenvalue weighted by molar-refractivity contribution is -0.126. The summed E-state index contributed by atoms with van der Waals surface area (Å²) in [7, 11) is 0. The van der Waals surface area contributed by atoms with Gasteiger partial charge in [0.1, 0.15) is 12.4 Å². The molecule has 3 N–H and O–H groups in total. The van der Waals surface area contributed by atoms with Gasteiger partial charge in [-0.15, -0.1) is 0 Å². The number of para-hydroxylation sites is 1. The van der Waals surface area contributed by atoms with Gasteiger partial charge in [0.25, 0.3) is 0 Å². The van der Waals surface area contributed by atoms with Crippen molar-refractivity contribution in [3.8, 4) is 5.75 Å². The molecule has 1 amide bonds. The number of hydrogen-bond donors (Lipinski definition) is 2. The Morgan fingerprint density at radius 1 is 1.29 bits per heavy atom. The molecule has 0 saturated heterocycles. The van der Waals surface area contributed by atoms with Crippen molar-refractivity contribution in [2.75, 3.05) is 13.2 Å². The third kappa shape index (κ3) is 3.38. The molecule has 1 fully saturated rings. The Hall–Kier alpha value is -1.55. The van der Waals surface area contributed by atoms with Gasteiger partial charge >= 0.3 is 0 Å². The molecule has 1 atom stereocenters. The lowest BCUT2D eigenvalue weighted by Crippen LogP contribution is -2.52. The van der Waals surface area contributed by atoms with Gasteiger partial charge in [-0.05, 0) is 30.9 Å². The molecule has 1 aromatic rings. The summed E-state index contributed by atoms with van der Waals surface area (Å²) in [5.74, 6) is 0.871. The fourth-order valence-corrected chi connectivity index (χ4v) is 3.34. The summed E-state index contributed by atoms with van der Waals surface area (Å²) in [5, 5.41) is 3.05. The molecule has 0 radical (unpaired) electrons. The van der Waals surface area contributed by atoms with Crippen molar-refractivity contribution in [1.82, 2.24) is 5.32 Å². The van der Waals surface area contributed by atoms with Crippen LogP contribution in [0.5, 0.6) is 5.75 Å². The Balaban J connectivity index is 1.55. The quantitative estimate of drug-likeness (QED) is 0.894. The minimum absolute atomic E-state index is 0.0694. The van der Waals surface area contributed by atoms with E-state index in [1.54, 1.807) is 0 Å². The van der Waals surface area contributed by atoms with Crippen LogP contribution in [-0.2, 0) is 11.2 Å². The number of nitrogens with one attached hydrogen (secondary N) is 1. The second-order valence-corrected chi connectivity index (χ2v) is 6.46. The number of carbonyl (C=O) groups is 1. The summed E-state index contributed by atoms with van der Waals surface area (Å²) in [6, 6.07) is 7.93. The highest BCUT2D eigenvalue weighted by molar-refractivity contribution is 5.79. The Morgan fingerprint density at radius 2 is 2.05 bits per heavy atom. The summed E-state index contributed by atoms with van der Waals surface area (Å²) >= 11 is 0. The molecule has 0 aromatic heterocycles. The van der Waals surface area contributed by atoms with Gasteiger partial charge in [0.15, 0.2) is 0 Å². The average molecular weight is 288 g/mol. The van der Waals surface area contributed by atoms with Crippen molar-refractivity contribution >= 4 is 5.91 Å².